The van der Waals surface area contributed by atoms with E-state index in [2.05, 4.69) is 10.6 Å². The van der Waals surface area contributed by atoms with Crippen LogP contribution in [0.2, 0.25) is 0 Å². The zero-order valence-corrected chi connectivity index (χ0v) is 17.5. The van der Waals surface area contributed by atoms with Crippen molar-refractivity contribution >= 4 is 34.1 Å². The Bertz CT molecular complexity index is 1040. The molecule has 0 radical (unpaired) electrons. The van der Waals surface area contributed by atoms with Crippen molar-refractivity contribution in [3.63, 3.8) is 0 Å². The summed E-state index contributed by atoms with van der Waals surface area (Å²) in [6.07, 6.45) is 0. The SMILES string of the molecule is CCOC(=O)c1cc(-c2ccccc2)sc1NC(=O)c1ccc(CNC(C)=O)cc1. The second-order valence-electron chi connectivity index (χ2n) is 6.50. The lowest BCUT2D eigenvalue weighted by atomic mass is 10.1. The van der Waals surface area contributed by atoms with E-state index in [-0.39, 0.29) is 18.4 Å². The Kier molecular flexibility index (Phi) is 6.98. The lowest BCUT2D eigenvalue weighted by molar-refractivity contribution is -0.119. The molecule has 0 unspecified atom stereocenters. The molecule has 6 nitrogen and oxygen atoms in total. The molecule has 0 fully saturated rings. The number of anilines is 1. The third-order valence-corrected chi connectivity index (χ3v) is 5.37. The number of esters is 1. The molecule has 0 aliphatic carbocycles. The topological polar surface area (TPSA) is 84.5 Å². The lowest BCUT2D eigenvalue weighted by Crippen LogP contribution is -2.19. The molecule has 30 heavy (non-hydrogen) atoms. The molecule has 0 spiro atoms. The highest BCUT2D eigenvalue weighted by Gasteiger charge is 2.20. The minimum atomic E-state index is -0.475. The molecule has 154 valence electrons. The number of carbonyl (C=O) groups is 3. The highest BCUT2D eigenvalue weighted by atomic mass is 32.1. The number of nitrogens with one attached hydrogen (secondary N) is 2. The van der Waals surface area contributed by atoms with Crippen LogP contribution in [0.5, 0.6) is 0 Å². The Labute approximate surface area is 178 Å². The Balaban J connectivity index is 1.82. The monoisotopic (exact) mass is 422 g/mol. The minimum Gasteiger partial charge on any atom is -0.462 e. The number of benzene rings is 2. The van der Waals surface area contributed by atoms with Gasteiger partial charge in [-0.25, -0.2) is 4.79 Å². The van der Waals surface area contributed by atoms with Gasteiger partial charge in [-0.05, 0) is 36.2 Å². The van der Waals surface area contributed by atoms with Crippen LogP contribution in [0, 0.1) is 0 Å². The van der Waals surface area contributed by atoms with E-state index in [1.54, 1.807) is 37.3 Å². The molecule has 0 bridgehead atoms. The fraction of sp³-hybridized carbons (Fsp3) is 0.174. The van der Waals surface area contributed by atoms with Crippen LogP contribution in [-0.2, 0) is 16.1 Å². The number of rotatable bonds is 7. The smallest absolute Gasteiger partial charge is 0.341 e. The van der Waals surface area contributed by atoms with E-state index >= 15 is 0 Å². The van der Waals surface area contributed by atoms with Gasteiger partial charge in [0, 0.05) is 23.9 Å². The highest BCUT2D eigenvalue weighted by Crippen LogP contribution is 2.36. The first-order valence-corrected chi connectivity index (χ1v) is 10.3. The van der Waals surface area contributed by atoms with E-state index in [9.17, 15) is 14.4 Å². The van der Waals surface area contributed by atoms with E-state index < -0.39 is 5.97 Å². The Morgan fingerprint density at radius 1 is 1.00 bits per heavy atom. The summed E-state index contributed by atoms with van der Waals surface area (Å²) >= 11 is 1.32. The zero-order chi connectivity index (χ0) is 21.5. The van der Waals surface area contributed by atoms with Gasteiger partial charge in [-0.3, -0.25) is 9.59 Å². The van der Waals surface area contributed by atoms with Crippen LogP contribution in [0.15, 0.2) is 60.7 Å². The predicted octanol–water partition coefficient (Wildman–Crippen LogP) is 4.48. The molecule has 3 rings (SSSR count). The van der Waals surface area contributed by atoms with Crippen molar-refractivity contribution in [1.82, 2.24) is 5.32 Å². The van der Waals surface area contributed by atoms with Crippen LogP contribution in [0.25, 0.3) is 10.4 Å². The van der Waals surface area contributed by atoms with Gasteiger partial charge in [-0.15, -0.1) is 11.3 Å². The van der Waals surface area contributed by atoms with E-state index in [0.717, 1.165) is 16.0 Å². The summed E-state index contributed by atoms with van der Waals surface area (Å²) in [5, 5.41) is 5.99. The molecule has 0 atom stereocenters. The third kappa shape index (κ3) is 5.33. The van der Waals surface area contributed by atoms with Gasteiger partial charge in [-0.1, -0.05) is 42.5 Å². The summed E-state index contributed by atoms with van der Waals surface area (Å²) in [4.78, 5) is 37.0. The van der Waals surface area contributed by atoms with Gasteiger partial charge >= 0.3 is 5.97 Å². The normalized spacial score (nSPS) is 10.3. The zero-order valence-electron chi connectivity index (χ0n) is 16.7. The van der Waals surface area contributed by atoms with Crippen molar-refractivity contribution in [2.45, 2.75) is 20.4 Å². The number of hydrogen-bond acceptors (Lipinski definition) is 5. The average molecular weight is 423 g/mol. The first-order valence-electron chi connectivity index (χ1n) is 9.49. The van der Waals surface area contributed by atoms with Gasteiger partial charge in [0.2, 0.25) is 5.91 Å². The molecule has 1 heterocycles. The molecular weight excluding hydrogens is 400 g/mol. The summed E-state index contributed by atoms with van der Waals surface area (Å²) in [5.41, 5.74) is 2.62. The van der Waals surface area contributed by atoms with Gasteiger partial charge in [0.1, 0.15) is 5.00 Å². The molecule has 0 aliphatic heterocycles. The van der Waals surface area contributed by atoms with Crippen LogP contribution < -0.4 is 10.6 Å². The Morgan fingerprint density at radius 3 is 2.33 bits per heavy atom. The average Bonchev–Trinajstić information content (AvgIpc) is 3.17. The highest BCUT2D eigenvalue weighted by molar-refractivity contribution is 7.20. The van der Waals surface area contributed by atoms with E-state index in [0.29, 0.717) is 22.7 Å². The number of hydrogen-bond donors (Lipinski definition) is 2. The molecule has 2 N–H and O–H groups in total. The van der Waals surface area contributed by atoms with Crippen molar-refractivity contribution in [3.8, 4) is 10.4 Å². The molecule has 2 amide bonds. The van der Waals surface area contributed by atoms with Gasteiger partial charge in [0.05, 0.1) is 12.2 Å². The second kappa shape index (κ2) is 9.84. The number of amides is 2. The summed E-state index contributed by atoms with van der Waals surface area (Å²) in [6, 6.07) is 18.3. The maximum Gasteiger partial charge on any atom is 0.341 e. The van der Waals surface area contributed by atoms with Gasteiger partial charge < -0.3 is 15.4 Å². The van der Waals surface area contributed by atoms with Crippen LogP contribution in [-0.4, -0.2) is 24.4 Å². The summed E-state index contributed by atoms with van der Waals surface area (Å²) in [5.74, 6) is -0.916. The molecule has 2 aromatic carbocycles. The first-order chi connectivity index (χ1) is 14.5. The molecule has 7 heteroatoms. The van der Waals surface area contributed by atoms with Gasteiger partial charge in [-0.2, -0.15) is 0 Å². The Hall–Kier alpha value is -3.45. The molecule has 1 aromatic heterocycles. The van der Waals surface area contributed by atoms with Crippen LogP contribution in [0.4, 0.5) is 5.00 Å². The van der Waals surface area contributed by atoms with E-state index in [1.807, 2.05) is 30.3 Å². The second-order valence-corrected chi connectivity index (χ2v) is 7.55. The number of ether oxygens (including phenoxy) is 1. The molecular formula is C23H22N2O4S. The minimum absolute atomic E-state index is 0.116. The van der Waals surface area contributed by atoms with Gasteiger partial charge in [0.15, 0.2) is 0 Å². The third-order valence-electron chi connectivity index (χ3n) is 4.27. The van der Waals surface area contributed by atoms with Crippen molar-refractivity contribution in [2.24, 2.45) is 0 Å². The molecule has 0 saturated carbocycles. The number of thiophene rings is 1. The Morgan fingerprint density at radius 2 is 1.70 bits per heavy atom. The van der Waals surface area contributed by atoms with Crippen LogP contribution in [0.3, 0.4) is 0 Å². The van der Waals surface area contributed by atoms with Gasteiger partial charge in [0.25, 0.3) is 5.91 Å². The summed E-state index contributed by atoms with van der Waals surface area (Å²) in [7, 11) is 0. The fourth-order valence-corrected chi connectivity index (χ4v) is 3.81. The summed E-state index contributed by atoms with van der Waals surface area (Å²) in [6.45, 7) is 3.84. The maximum absolute atomic E-state index is 12.7. The lowest BCUT2D eigenvalue weighted by Gasteiger charge is -2.07. The molecule has 0 saturated heterocycles. The maximum atomic E-state index is 12.7. The van der Waals surface area contributed by atoms with E-state index in [4.69, 9.17) is 4.74 Å². The molecule has 3 aromatic rings. The predicted molar refractivity (Wildman–Crippen MR) is 118 cm³/mol. The number of carbonyl (C=O) groups excluding carboxylic acids is 3. The van der Waals surface area contributed by atoms with Crippen LogP contribution >= 0.6 is 11.3 Å². The van der Waals surface area contributed by atoms with Crippen molar-refractivity contribution in [3.05, 3.63) is 77.4 Å². The largest absolute Gasteiger partial charge is 0.462 e. The first kappa shape index (κ1) is 21.3. The quantitative estimate of drug-likeness (QED) is 0.550. The molecule has 0 aliphatic rings. The van der Waals surface area contributed by atoms with Crippen LogP contribution in [0.1, 0.15) is 40.1 Å². The van der Waals surface area contributed by atoms with E-state index in [1.165, 1.54) is 18.3 Å². The van der Waals surface area contributed by atoms with Crippen molar-refractivity contribution in [1.29, 1.82) is 0 Å². The standard InChI is InChI=1S/C23H22N2O4S/c1-3-29-23(28)19-13-20(17-7-5-4-6-8-17)30-22(19)25-21(27)18-11-9-16(10-12-18)14-24-15(2)26/h4-13H,3,14H2,1-2H3,(H,24,26)(H,25,27). The van der Waals surface area contributed by atoms with Crippen molar-refractivity contribution < 1.29 is 19.1 Å². The van der Waals surface area contributed by atoms with Crippen molar-refractivity contribution in [2.75, 3.05) is 11.9 Å². The summed E-state index contributed by atoms with van der Waals surface area (Å²) < 4.78 is 5.15. The fourth-order valence-electron chi connectivity index (χ4n) is 2.76.